The number of thioether (sulfide) groups is 1. The molecule has 0 atom stereocenters. The number of imide groups is 1. The lowest BCUT2D eigenvalue weighted by Crippen LogP contribution is -2.27. The first-order valence-electron chi connectivity index (χ1n) is 8.33. The van der Waals surface area contributed by atoms with Gasteiger partial charge in [0.05, 0.1) is 15.6 Å². The summed E-state index contributed by atoms with van der Waals surface area (Å²) in [6.07, 6.45) is 1.58. The third-order valence-corrected chi connectivity index (χ3v) is 6.31. The van der Waals surface area contributed by atoms with Gasteiger partial charge in [-0.15, -0.1) is 0 Å². The smallest absolute Gasteiger partial charge is 0.298 e. The summed E-state index contributed by atoms with van der Waals surface area (Å²) in [6, 6.07) is 16.3. The molecule has 0 unspecified atom stereocenters. The van der Waals surface area contributed by atoms with Crippen LogP contribution in [0.4, 0.5) is 10.5 Å². The van der Waals surface area contributed by atoms with Crippen molar-refractivity contribution in [2.45, 2.75) is 6.92 Å². The van der Waals surface area contributed by atoms with E-state index in [2.05, 4.69) is 15.9 Å². The van der Waals surface area contributed by atoms with Crippen molar-refractivity contribution in [1.29, 1.82) is 0 Å². The van der Waals surface area contributed by atoms with Gasteiger partial charge in [0.2, 0.25) is 0 Å². The van der Waals surface area contributed by atoms with Crippen molar-refractivity contribution in [3.8, 4) is 11.3 Å². The SMILES string of the molecule is Cc1cc(-c2ccc(/C=C3\SC(=O)N(c4ccccc4Cl)C3=O)o2)ccc1Br. The van der Waals surface area contributed by atoms with Crippen LogP contribution in [0.2, 0.25) is 5.02 Å². The summed E-state index contributed by atoms with van der Waals surface area (Å²) in [5, 5.41) is -0.0448. The highest BCUT2D eigenvalue weighted by atomic mass is 79.9. The molecule has 1 saturated heterocycles. The van der Waals surface area contributed by atoms with Gasteiger partial charge in [0.25, 0.3) is 11.1 Å². The summed E-state index contributed by atoms with van der Waals surface area (Å²) < 4.78 is 6.89. The molecule has 0 bridgehead atoms. The predicted molar refractivity (Wildman–Crippen MR) is 116 cm³/mol. The lowest BCUT2D eigenvalue weighted by atomic mass is 10.1. The maximum absolute atomic E-state index is 12.7. The molecule has 4 rings (SSSR count). The molecule has 2 amide bonds. The number of nitrogens with zero attached hydrogens (tertiary/aromatic N) is 1. The predicted octanol–water partition coefficient (Wildman–Crippen LogP) is 6.91. The Labute approximate surface area is 179 Å². The molecule has 4 nitrogen and oxygen atoms in total. The van der Waals surface area contributed by atoms with Crippen LogP contribution >= 0.6 is 39.3 Å². The fourth-order valence-electron chi connectivity index (χ4n) is 2.82. The summed E-state index contributed by atoms with van der Waals surface area (Å²) in [4.78, 5) is 26.5. The van der Waals surface area contributed by atoms with Gasteiger partial charge in [-0.05, 0) is 60.6 Å². The fourth-order valence-corrected chi connectivity index (χ4v) is 4.10. The first kappa shape index (κ1) is 19.1. The van der Waals surface area contributed by atoms with Gasteiger partial charge >= 0.3 is 0 Å². The van der Waals surface area contributed by atoms with Gasteiger partial charge in [0.1, 0.15) is 11.5 Å². The van der Waals surface area contributed by atoms with Crippen LogP contribution in [0.15, 0.2) is 68.4 Å². The lowest BCUT2D eigenvalue weighted by Gasteiger charge is -2.13. The Balaban J connectivity index is 1.63. The second kappa shape index (κ2) is 7.62. The quantitative estimate of drug-likeness (QED) is 0.387. The highest BCUT2D eigenvalue weighted by Gasteiger charge is 2.37. The number of hydrogen-bond donors (Lipinski definition) is 0. The topological polar surface area (TPSA) is 50.5 Å². The molecule has 140 valence electrons. The van der Waals surface area contributed by atoms with E-state index in [4.69, 9.17) is 16.0 Å². The summed E-state index contributed by atoms with van der Waals surface area (Å²) in [5.41, 5.74) is 2.40. The van der Waals surface area contributed by atoms with Crippen molar-refractivity contribution >= 4 is 62.2 Å². The van der Waals surface area contributed by atoms with Crippen LogP contribution in [0, 0.1) is 6.92 Å². The van der Waals surface area contributed by atoms with Crippen molar-refractivity contribution in [3.05, 3.63) is 80.3 Å². The van der Waals surface area contributed by atoms with E-state index in [1.807, 2.05) is 31.2 Å². The molecule has 0 saturated carbocycles. The number of rotatable bonds is 3. The Kier molecular flexibility index (Phi) is 5.19. The zero-order chi connectivity index (χ0) is 19.8. The third-order valence-electron chi connectivity index (χ3n) is 4.23. The fraction of sp³-hybridized carbons (Fsp3) is 0.0476. The van der Waals surface area contributed by atoms with Gasteiger partial charge in [-0.25, -0.2) is 4.90 Å². The highest BCUT2D eigenvalue weighted by Crippen LogP contribution is 2.39. The minimum Gasteiger partial charge on any atom is -0.457 e. The molecule has 0 spiro atoms. The number of hydrogen-bond acceptors (Lipinski definition) is 4. The van der Waals surface area contributed by atoms with Crippen molar-refractivity contribution in [3.63, 3.8) is 0 Å². The van der Waals surface area contributed by atoms with Gasteiger partial charge in [-0.1, -0.05) is 45.7 Å². The van der Waals surface area contributed by atoms with E-state index in [0.29, 0.717) is 22.2 Å². The zero-order valence-electron chi connectivity index (χ0n) is 14.6. The van der Waals surface area contributed by atoms with Crippen molar-refractivity contribution in [2.24, 2.45) is 0 Å². The maximum atomic E-state index is 12.7. The first-order valence-corrected chi connectivity index (χ1v) is 10.3. The molecule has 2 heterocycles. The van der Waals surface area contributed by atoms with E-state index in [1.54, 1.807) is 36.4 Å². The van der Waals surface area contributed by atoms with Crippen LogP contribution in [0.1, 0.15) is 11.3 Å². The summed E-state index contributed by atoms with van der Waals surface area (Å²) in [7, 11) is 0. The maximum Gasteiger partial charge on any atom is 0.298 e. The van der Waals surface area contributed by atoms with Gasteiger partial charge in [-0.3, -0.25) is 9.59 Å². The second-order valence-electron chi connectivity index (χ2n) is 6.13. The van der Waals surface area contributed by atoms with Crippen molar-refractivity contribution in [1.82, 2.24) is 0 Å². The zero-order valence-corrected chi connectivity index (χ0v) is 17.8. The van der Waals surface area contributed by atoms with E-state index in [-0.39, 0.29) is 10.1 Å². The van der Waals surface area contributed by atoms with Crippen LogP contribution in [0.5, 0.6) is 0 Å². The van der Waals surface area contributed by atoms with Gasteiger partial charge in [-0.2, -0.15) is 0 Å². The van der Waals surface area contributed by atoms with Crippen LogP contribution < -0.4 is 4.90 Å². The molecule has 0 radical (unpaired) electrons. The average Bonchev–Trinajstić information content (AvgIpc) is 3.23. The molecular formula is C21H13BrClNO3S. The normalized spacial score (nSPS) is 15.7. The Hall–Kier alpha value is -2.28. The Morgan fingerprint density at radius 3 is 2.64 bits per heavy atom. The van der Waals surface area contributed by atoms with Crippen LogP contribution in [0.25, 0.3) is 17.4 Å². The molecule has 1 aliphatic heterocycles. The monoisotopic (exact) mass is 473 g/mol. The number of carbonyl (C=O) groups excluding carboxylic acids is 2. The molecule has 3 aromatic rings. The molecule has 1 aliphatic rings. The largest absolute Gasteiger partial charge is 0.457 e. The van der Waals surface area contributed by atoms with E-state index < -0.39 is 5.91 Å². The van der Waals surface area contributed by atoms with E-state index >= 15 is 0 Å². The Morgan fingerprint density at radius 2 is 1.89 bits per heavy atom. The molecule has 0 aliphatic carbocycles. The van der Waals surface area contributed by atoms with Crippen molar-refractivity contribution < 1.29 is 14.0 Å². The first-order chi connectivity index (χ1) is 13.4. The molecular weight excluding hydrogens is 462 g/mol. The van der Waals surface area contributed by atoms with Gasteiger partial charge in [0, 0.05) is 16.1 Å². The number of aryl methyl sites for hydroxylation is 1. The summed E-state index contributed by atoms with van der Waals surface area (Å²) >= 11 is 10.5. The van der Waals surface area contributed by atoms with Crippen LogP contribution in [0.3, 0.4) is 0 Å². The molecule has 1 fully saturated rings. The van der Waals surface area contributed by atoms with Crippen molar-refractivity contribution in [2.75, 3.05) is 4.90 Å². The van der Waals surface area contributed by atoms with E-state index in [9.17, 15) is 9.59 Å². The van der Waals surface area contributed by atoms with Gasteiger partial charge < -0.3 is 4.42 Å². The van der Waals surface area contributed by atoms with Crippen LogP contribution in [-0.4, -0.2) is 11.1 Å². The third kappa shape index (κ3) is 3.55. The summed E-state index contributed by atoms with van der Waals surface area (Å²) in [6.45, 7) is 2.00. The van der Waals surface area contributed by atoms with E-state index in [0.717, 1.165) is 32.3 Å². The standard InChI is InChI=1S/C21H13BrClNO3S/c1-12-10-13(6-8-15(12)22)18-9-7-14(27-18)11-19-20(25)24(21(26)28-19)17-5-3-2-4-16(17)23/h2-11H,1H3/b19-11-. The number of halogens is 2. The Morgan fingerprint density at radius 1 is 1.11 bits per heavy atom. The number of carbonyl (C=O) groups is 2. The van der Waals surface area contributed by atoms with Gasteiger partial charge in [0.15, 0.2) is 0 Å². The Bertz CT molecular complexity index is 1140. The molecule has 1 aromatic heterocycles. The lowest BCUT2D eigenvalue weighted by molar-refractivity contribution is -0.113. The minimum absolute atomic E-state index is 0.290. The molecule has 7 heteroatoms. The minimum atomic E-state index is -0.416. The second-order valence-corrected chi connectivity index (χ2v) is 8.39. The molecule has 28 heavy (non-hydrogen) atoms. The number of anilines is 1. The molecule has 2 aromatic carbocycles. The van der Waals surface area contributed by atoms with E-state index in [1.165, 1.54) is 0 Å². The van der Waals surface area contributed by atoms with Crippen LogP contribution in [-0.2, 0) is 4.79 Å². The highest BCUT2D eigenvalue weighted by molar-refractivity contribution is 9.10. The number of furan rings is 1. The average molecular weight is 475 g/mol. The number of benzene rings is 2. The number of para-hydroxylation sites is 1. The molecule has 0 N–H and O–H groups in total. The summed E-state index contributed by atoms with van der Waals surface area (Å²) in [5.74, 6) is 0.771. The number of amides is 2.